The summed E-state index contributed by atoms with van der Waals surface area (Å²) in [6.45, 7) is 0.546. The van der Waals surface area contributed by atoms with E-state index in [1.165, 1.54) is 6.07 Å². The van der Waals surface area contributed by atoms with E-state index in [-0.39, 0.29) is 10.6 Å². The van der Waals surface area contributed by atoms with E-state index in [0.29, 0.717) is 6.54 Å². The minimum atomic E-state index is -0.378. The zero-order valence-corrected chi connectivity index (χ0v) is 10.1. The number of aromatic nitrogens is 2. The van der Waals surface area contributed by atoms with E-state index in [9.17, 15) is 10.1 Å². The van der Waals surface area contributed by atoms with Gasteiger partial charge in [-0.2, -0.15) is 5.10 Å². The molecule has 0 atom stereocenters. The maximum Gasteiger partial charge on any atom is 0.269 e. The molecule has 0 aliphatic rings. The zero-order valence-electron chi connectivity index (χ0n) is 9.24. The third-order valence-electron chi connectivity index (χ3n) is 2.37. The minimum Gasteiger partial charge on any atom is -0.268 e. The van der Waals surface area contributed by atoms with Crippen LogP contribution in [-0.2, 0) is 6.54 Å². The Morgan fingerprint density at radius 2 is 2.35 bits per heavy atom. The second-order valence-corrected chi connectivity index (χ2v) is 4.30. The van der Waals surface area contributed by atoms with Gasteiger partial charge in [-0.25, -0.2) is 0 Å². The van der Waals surface area contributed by atoms with Crippen LogP contribution in [-0.4, -0.2) is 21.0 Å². The third kappa shape index (κ3) is 2.65. The number of benzene rings is 1. The van der Waals surface area contributed by atoms with Crippen molar-refractivity contribution in [3.05, 3.63) is 52.3 Å². The first-order valence-corrected chi connectivity index (χ1v) is 6.22. The van der Waals surface area contributed by atoms with Crippen molar-refractivity contribution in [1.29, 1.82) is 0 Å². The highest BCUT2D eigenvalue weighted by Crippen LogP contribution is 2.25. The van der Waals surface area contributed by atoms with Gasteiger partial charge in [0.1, 0.15) is 0 Å². The molecule has 1 aromatic carbocycles. The summed E-state index contributed by atoms with van der Waals surface area (Å²) in [7, 11) is 0. The Balaban J connectivity index is 2.35. The molecule has 0 N–H and O–H groups in total. The van der Waals surface area contributed by atoms with Crippen LogP contribution in [0.1, 0.15) is 5.56 Å². The zero-order chi connectivity index (χ0) is 12.3. The SMILES string of the molecule is CSc1ccc([N+](=O)[O-])cc1Cn1cccn1. The molecule has 0 aliphatic heterocycles. The van der Waals surface area contributed by atoms with Crippen LogP contribution in [0, 0.1) is 10.1 Å². The molecule has 1 aromatic heterocycles. The molecule has 0 amide bonds. The number of nitro groups is 1. The van der Waals surface area contributed by atoms with Crippen molar-refractivity contribution in [1.82, 2.24) is 9.78 Å². The predicted octanol–water partition coefficient (Wildman–Crippen LogP) is 2.56. The highest BCUT2D eigenvalue weighted by atomic mass is 32.2. The number of thioether (sulfide) groups is 1. The second-order valence-electron chi connectivity index (χ2n) is 3.46. The van der Waals surface area contributed by atoms with Crippen LogP contribution in [0.5, 0.6) is 0 Å². The van der Waals surface area contributed by atoms with Gasteiger partial charge in [-0.15, -0.1) is 11.8 Å². The molecule has 1 heterocycles. The highest BCUT2D eigenvalue weighted by molar-refractivity contribution is 7.98. The lowest BCUT2D eigenvalue weighted by Gasteiger charge is -2.07. The van der Waals surface area contributed by atoms with E-state index in [1.54, 1.807) is 34.8 Å². The van der Waals surface area contributed by atoms with Gasteiger partial charge in [-0.1, -0.05) is 0 Å². The van der Waals surface area contributed by atoms with Crippen LogP contribution in [0.4, 0.5) is 5.69 Å². The molecule has 17 heavy (non-hydrogen) atoms. The molecule has 0 fully saturated rings. The maximum absolute atomic E-state index is 10.7. The number of nitro benzene ring substituents is 1. The first kappa shape index (κ1) is 11.7. The van der Waals surface area contributed by atoms with Crippen LogP contribution in [0.3, 0.4) is 0 Å². The molecule has 2 aromatic rings. The van der Waals surface area contributed by atoms with E-state index in [2.05, 4.69) is 5.10 Å². The Bertz CT molecular complexity index is 526. The minimum absolute atomic E-state index is 0.116. The molecule has 0 saturated carbocycles. The Kier molecular flexibility index (Phi) is 3.43. The summed E-state index contributed by atoms with van der Waals surface area (Å²) in [5.74, 6) is 0. The van der Waals surface area contributed by atoms with Crippen molar-refractivity contribution < 1.29 is 4.92 Å². The first-order chi connectivity index (χ1) is 8.20. The van der Waals surface area contributed by atoms with Crippen LogP contribution in [0.2, 0.25) is 0 Å². The van der Waals surface area contributed by atoms with Gasteiger partial charge in [0, 0.05) is 29.4 Å². The van der Waals surface area contributed by atoms with Crippen molar-refractivity contribution in [3.63, 3.8) is 0 Å². The Morgan fingerprint density at radius 1 is 1.53 bits per heavy atom. The molecule has 88 valence electrons. The number of hydrogen-bond donors (Lipinski definition) is 0. The average Bonchev–Trinajstić information content (AvgIpc) is 2.81. The van der Waals surface area contributed by atoms with Crippen molar-refractivity contribution >= 4 is 17.4 Å². The molecule has 6 heteroatoms. The summed E-state index contributed by atoms with van der Waals surface area (Å²) in [4.78, 5) is 11.4. The Labute approximate surface area is 103 Å². The van der Waals surface area contributed by atoms with Gasteiger partial charge in [0.15, 0.2) is 0 Å². The fraction of sp³-hybridized carbons (Fsp3) is 0.182. The van der Waals surface area contributed by atoms with E-state index in [0.717, 1.165) is 10.5 Å². The second kappa shape index (κ2) is 5.01. The monoisotopic (exact) mass is 249 g/mol. The summed E-state index contributed by atoms with van der Waals surface area (Å²) in [5.41, 5.74) is 1.03. The molecule has 0 saturated heterocycles. The average molecular weight is 249 g/mol. The fourth-order valence-electron chi connectivity index (χ4n) is 1.57. The molecule has 0 spiro atoms. The number of non-ortho nitro benzene ring substituents is 1. The van der Waals surface area contributed by atoms with E-state index in [1.807, 2.05) is 18.5 Å². The summed E-state index contributed by atoms with van der Waals surface area (Å²) in [5, 5.41) is 14.8. The molecular formula is C11H11N3O2S. The summed E-state index contributed by atoms with van der Waals surface area (Å²) in [6, 6.07) is 6.74. The highest BCUT2D eigenvalue weighted by Gasteiger charge is 2.10. The molecule has 0 aliphatic carbocycles. The van der Waals surface area contributed by atoms with E-state index < -0.39 is 0 Å². The molecule has 0 unspecified atom stereocenters. The fourth-order valence-corrected chi connectivity index (χ4v) is 2.16. The van der Waals surface area contributed by atoms with Gasteiger partial charge in [-0.05, 0) is 24.0 Å². The maximum atomic E-state index is 10.7. The standard InChI is InChI=1S/C11H11N3O2S/c1-17-11-4-3-10(14(15)16)7-9(11)8-13-6-2-5-12-13/h2-7H,8H2,1H3. The van der Waals surface area contributed by atoms with Gasteiger partial charge in [0.05, 0.1) is 11.5 Å². The Hall–Kier alpha value is -1.82. The summed E-state index contributed by atoms with van der Waals surface area (Å²) < 4.78 is 1.75. The lowest BCUT2D eigenvalue weighted by molar-refractivity contribution is -0.385. The largest absolute Gasteiger partial charge is 0.269 e. The van der Waals surface area contributed by atoms with Crippen LogP contribution in [0.25, 0.3) is 0 Å². The quantitative estimate of drug-likeness (QED) is 0.474. The smallest absolute Gasteiger partial charge is 0.268 e. The molecule has 5 nitrogen and oxygen atoms in total. The normalized spacial score (nSPS) is 10.4. The lowest BCUT2D eigenvalue weighted by Crippen LogP contribution is -2.02. The van der Waals surface area contributed by atoms with Gasteiger partial charge in [0.2, 0.25) is 0 Å². The first-order valence-electron chi connectivity index (χ1n) is 4.99. The summed E-state index contributed by atoms with van der Waals surface area (Å²) >= 11 is 1.57. The van der Waals surface area contributed by atoms with Gasteiger partial charge in [0.25, 0.3) is 5.69 Å². The number of rotatable bonds is 4. The van der Waals surface area contributed by atoms with Crippen LogP contribution >= 0.6 is 11.8 Å². The van der Waals surface area contributed by atoms with E-state index in [4.69, 9.17) is 0 Å². The predicted molar refractivity (Wildman–Crippen MR) is 66.2 cm³/mol. The van der Waals surface area contributed by atoms with Crippen molar-refractivity contribution in [2.75, 3.05) is 6.26 Å². The summed E-state index contributed by atoms with van der Waals surface area (Å²) in [6.07, 6.45) is 5.48. The molecule has 0 bridgehead atoms. The van der Waals surface area contributed by atoms with Crippen molar-refractivity contribution in [3.8, 4) is 0 Å². The van der Waals surface area contributed by atoms with Gasteiger partial charge in [-0.3, -0.25) is 14.8 Å². The molecular weight excluding hydrogens is 238 g/mol. The Morgan fingerprint density at radius 3 is 2.94 bits per heavy atom. The number of hydrogen-bond acceptors (Lipinski definition) is 4. The molecule has 0 radical (unpaired) electrons. The van der Waals surface area contributed by atoms with E-state index >= 15 is 0 Å². The molecule has 2 rings (SSSR count). The number of nitrogens with zero attached hydrogens (tertiary/aromatic N) is 3. The lowest BCUT2D eigenvalue weighted by atomic mass is 10.2. The third-order valence-corrected chi connectivity index (χ3v) is 3.20. The van der Waals surface area contributed by atoms with Gasteiger partial charge >= 0.3 is 0 Å². The van der Waals surface area contributed by atoms with Crippen molar-refractivity contribution in [2.45, 2.75) is 11.4 Å². The van der Waals surface area contributed by atoms with Crippen molar-refractivity contribution in [2.24, 2.45) is 0 Å². The topological polar surface area (TPSA) is 61.0 Å². The van der Waals surface area contributed by atoms with Crippen LogP contribution in [0.15, 0.2) is 41.6 Å². The van der Waals surface area contributed by atoms with Crippen LogP contribution < -0.4 is 0 Å². The van der Waals surface area contributed by atoms with Gasteiger partial charge < -0.3 is 0 Å².